The van der Waals surface area contributed by atoms with Gasteiger partial charge in [-0.2, -0.15) is 0 Å². The number of unbranched alkanes of at least 4 members (excludes halogenated alkanes) is 12. The molecular formula is C36H60O5. The second kappa shape index (κ2) is 17.0. The Balaban J connectivity index is 1.43. The van der Waals surface area contributed by atoms with Crippen LogP contribution in [-0.2, 0) is 19.0 Å². The third-order valence-corrected chi connectivity index (χ3v) is 9.54. The largest absolute Gasteiger partial charge is 0.462 e. The number of fused-ring (bicyclic) bond motifs is 2. The van der Waals surface area contributed by atoms with E-state index in [2.05, 4.69) is 39.5 Å². The quantitative estimate of drug-likeness (QED) is 0.0584. The lowest BCUT2D eigenvalue weighted by Gasteiger charge is -2.34. The molecule has 3 fully saturated rings. The second-order valence-electron chi connectivity index (χ2n) is 13.6. The van der Waals surface area contributed by atoms with Gasteiger partial charge < -0.3 is 19.3 Å². The Morgan fingerprint density at radius 3 is 2.24 bits per heavy atom. The van der Waals surface area contributed by atoms with Gasteiger partial charge in [0, 0.05) is 18.3 Å². The maximum Gasteiger partial charge on any atom is 0.305 e. The van der Waals surface area contributed by atoms with Gasteiger partial charge in [-0.1, -0.05) is 114 Å². The molecule has 5 heteroatoms. The van der Waals surface area contributed by atoms with Crippen LogP contribution in [-0.4, -0.2) is 47.7 Å². The van der Waals surface area contributed by atoms with Crippen LogP contribution < -0.4 is 0 Å². The van der Waals surface area contributed by atoms with Crippen LogP contribution in [0.4, 0.5) is 0 Å². The summed E-state index contributed by atoms with van der Waals surface area (Å²) in [7, 11) is 0. The lowest BCUT2D eigenvalue weighted by Crippen LogP contribution is -2.42. The zero-order chi connectivity index (χ0) is 29.7. The van der Waals surface area contributed by atoms with Gasteiger partial charge in [-0.3, -0.25) is 4.79 Å². The SMILES string of the molecule is C=C1CC2OC2C(C)(O)CCC2C1COC2(C=CC=C(C)C)COC(=O)CCCCCCCCCCCCCCC. The summed E-state index contributed by atoms with van der Waals surface area (Å²) < 4.78 is 18.2. The van der Waals surface area contributed by atoms with Crippen LogP contribution in [0.3, 0.4) is 0 Å². The number of carbonyl (C=O) groups is 1. The van der Waals surface area contributed by atoms with Crippen molar-refractivity contribution < 1.29 is 24.1 Å². The zero-order valence-electron chi connectivity index (χ0n) is 26.8. The number of hydrogen-bond donors (Lipinski definition) is 1. The van der Waals surface area contributed by atoms with Gasteiger partial charge in [0.15, 0.2) is 0 Å². The summed E-state index contributed by atoms with van der Waals surface area (Å²) in [5, 5.41) is 11.1. The Bertz CT molecular complexity index is 869. The number of epoxide rings is 1. The average molecular weight is 573 g/mol. The predicted octanol–water partition coefficient (Wildman–Crippen LogP) is 8.79. The first-order chi connectivity index (χ1) is 19.7. The number of hydrogen-bond acceptors (Lipinski definition) is 5. The highest BCUT2D eigenvalue weighted by atomic mass is 16.6. The van der Waals surface area contributed by atoms with Crippen molar-refractivity contribution in [2.24, 2.45) is 11.8 Å². The smallest absolute Gasteiger partial charge is 0.305 e. The number of ether oxygens (including phenoxy) is 3. The third kappa shape index (κ3) is 11.0. The fourth-order valence-electron chi connectivity index (χ4n) is 6.83. The number of aliphatic hydroxyl groups is 1. The Morgan fingerprint density at radius 2 is 1.63 bits per heavy atom. The molecule has 0 aromatic rings. The molecule has 3 aliphatic rings. The highest BCUT2D eigenvalue weighted by Crippen LogP contribution is 2.50. The Morgan fingerprint density at radius 1 is 1.02 bits per heavy atom. The molecule has 0 aromatic carbocycles. The summed E-state index contributed by atoms with van der Waals surface area (Å²) >= 11 is 0. The van der Waals surface area contributed by atoms with E-state index in [0.29, 0.717) is 19.4 Å². The molecule has 2 aliphatic heterocycles. The minimum Gasteiger partial charge on any atom is -0.462 e. The van der Waals surface area contributed by atoms with Crippen LogP contribution in [0.5, 0.6) is 0 Å². The van der Waals surface area contributed by atoms with Crippen molar-refractivity contribution in [2.75, 3.05) is 13.2 Å². The molecule has 5 nitrogen and oxygen atoms in total. The van der Waals surface area contributed by atoms with Crippen LogP contribution in [0.15, 0.2) is 36.0 Å². The first-order valence-corrected chi connectivity index (χ1v) is 16.9. The van der Waals surface area contributed by atoms with Crippen molar-refractivity contribution in [3.05, 3.63) is 36.0 Å². The van der Waals surface area contributed by atoms with Crippen molar-refractivity contribution in [1.29, 1.82) is 0 Å². The van der Waals surface area contributed by atoms with Gasteiger partial charge in [-0.15, -0.1) is 0 Å². The molecule has 234 valence electrons. The van der Waals surface area contributed by atoms with E-state index >= 15 is 0 Å². The first kappa shape index (κ1) is 34.1. The minimum absolute atomic E-state index is 0.0469. The van der Waals surface area contributed by atoms with Crippen LogP contribution in [0.2, 0.25) is 0 Å². The Kier molecular flexibility index (Phi) is 14.1. The summed E-state index contributed by atoms with van der Waals surface area (Å²) in [5.74, 6) is 0.105. The highest BCUT2D eigenvalue weighted by molar-refractivity contribution is 5.69. The summed E-state index contributed by atoms with van der Waals surface area (Å²) in [5.41, 5.74) is 0.736. The molecule has 2 heterocycles. The van der Waals surface area contributed by atoms with Gasteiger partial charge in [-0.05, 0) is 52.5 Å². The van der Waals surface area contributed by atoms with E-state index in [-0.39, 0.29) is 36.6 Å². The fourth-order valence-corrected chi connectivity index (χ4v) is 6.83. The molecule has 1 N–H and O–H groups in total. The van der Waals surface area contributed by atoms with Crippen LogP contribution >= 0.6 is 0 Å². The van der Waals surface area contributed by atoms with Crippen LogP contribution in [0, 0.1) is 11.8 Å². The number of allylic oxidation sites excluding steroid dienone is 3. The summed E-state index contributed by atoms with van der Waals surface area (Å²) in [6.45, 7) is 13.5. The molecule has 41 heavy (non-hydrogen) atoms. The van der Waals surface area contributed by atoms with Gasteiger partial charge in [0.05, 0.1) is 18.3 Å². The molecule has 0 radical (unpaired) electrons. The van der Waals surface area contributed by atoms with Gasteiger partial charge in [0.25, 0.3) is 0 Å². The van der Waals surface area contributed by atoms with Gasteiger partial charge >= 0.3 is 5.97 Å². The molecule has 0 amide bonds. The van der Waals surface area contributed by atoms with E-state index in [9.17, 15) is 9.90 Å². The van der Waals surface area contributed by atoms with E-state index in [0.717, 1.165) is 31.3 Å². The standard InChI is InChI=1S/C36H60O5/c1-6-7-8-9-10-11-12-13-14-15-16-17-18-21-33(37)39-27-36(23-19-20-28(2)3)31-22-24-35(5,38)34-32(41-34)25-29(4)30(31)26-40-36/h19-20,23,30-32,34,38H,4,6-18,21-22,24-27H2,1-3,5H3. The Hall–Kier alpha value is -1.43. The van der Waals surface area contributed by atoms with Crippen molar-refractivity contribution in [1.82, 2.24) is 0 Å². The van der Waals surface area contributed by atoms with Crippen molar-refractivity contribution >= 4 is 5.97 Å². The number of carbonyl (C=O) groups excluding carboxylic acids is 1. The minimum atomic E-state index is -0.872. The first-order valence-electron chi connectivity index (χ1n) is 16.9. The molecule has 6 atom stereocenters. The van der Waals surface area contributed by atoms with Gasteiger partial charge in [0.2, 0.25) is 0 Å². The maximum atomic E-state index is 12.8. The average Bonchev–Trinajstić information content (AvgIpc) is 3.61. The van der Waals surface area contributed by atoms with Crippen LogP contribution in [0.1, 0.15) is 137 Å². The summed E-state index contributed by atoms with van der Waals surface area (Å²) in [6, 6.07) is 0. The molecule has 0 spiro atoms. The third-order valence-electron chi connectivity index (χ3n) is 9.54. The highest BCUT2D eigenvalue weighted by Gasteiger charge is 2.56. The normalized spacial score (nSPS) is 31.2. The van der Waals surface area contributed by atoms with E-state index < -0.39 is 11.2 Å². The maximum absolute atomic E-state index is 12.8. The van der Waals surface area contributed by atoms with Gasteiger partial charge in [0.1, 0.15) is 18.3 Å². The lowest BCUT2D eigenvalue weighted by atomic mass is 9.74. The topological polar surface area (TPSA) is 68.3 Å². The van der Waals surface area contributed by atoms with Gasteiger partial charge in [-0.25, -0.2) is 0 Å². The monoisotopic (exact) mass is 572 g/mol. The van der Waals surface area contributed by atoms with Crippen molar-refractivity contribution in [2.45, 2.75) is 160 Å². The summed E-state index contributed by atoms with van der Waals surface area (Å²) in [4.78, 5) is 12.8. The second-order valence-corrected chi connectivity index (χ2v) is 13.6. The predicted molar refractivity (Wildman–Crippen MR) is 168 cm³/mol. The molecule has 1 aliphatic carbocycles. The fraction of sp³-hybridized carbons (Fsp3) is 0.806. The molecule has 3 rings (SSSR count). The molecule has 1 saturated carbocycles. The molecule has 2 saturated heterocycles. The lowest BCUT2D eigenvalue weighted by molar-refractivity contribution is -0.151. The number of rotatable bonds is 18. The molecular weight excluding hydrogens is 512 g/mol. The van der Waals surface area contributed by atoms with E-state index in [4.69, 9.17) is 14.2 Å². The van der Waals surface area contributed by atoms with E-state index in [1.807, 2.05) is 13.0 Å². The van der Waals surface area contributed by atoms with E-state index in [1.54, 1.807) is 0 Å². The Labute approximate surface area is 251 Å². The van der Waals surface area contributed by atoms with Crippen LogP contribution in [0.25, 0.3) is 0 Å². The molecule has 0 bridgehead atoms. The molecule has 6 unspecified atom stereocenters. The summed E-state index contributed by atoms with van der Waals surface area (Å²) in [6.07, 6.45) is 25.4. The number of esters is 1. The van der Waals surface area contributed by atoms with E-state index in [1.165, 1.54) is 76.2 Å². The van der Waals surface area contributed by atoms with Crippen molar-refractivity contribution in [3.63, 3.8) is 0 Å². The zero-order valence-corrected chi connectivity index (χ0v) is 26.8. The molecule has 0 aromatic heterocycles. The van der Waals surface area contributed by atoms with Crippen molar-refractivity contribution in [3.8, 4) is 0 Å².